The number of nitrogen functional groups attached to an aromatic ring is 1. The highest BCUT2D eigenvalue weighted by Crippen LogP contribution is 2.48. The number of azo groups is 2. The fourth-order valence-corrected chi connectivity index (χ4v) is 7.06. The third kappa shape index (κ3) is 7.05. The highest BCUT2D eigenvalue weighted by Gasteiger charge is 2.28. The van der Waals surface area contributed by atoms with Crippen LogP contribution in [0.3, 0.4) is 0 Å². The van der Waals surface area contributed by atoms with Crippen LogP contribution in [0.1, 0.15) is 0 Å². The Morgan fingerprint density at radius 2 is 1.02 bits per heavy atom. The largest absolute Gasteiger partial charge is 0.505 e. The molecule has 0 fully saturated rings. The van der Waals surface area contributed by atoms with Crippen LogP contribution in [0.15, 0.2) is 141 Å². The molecule has 5 aromatic rings. The number of hydrogen-bond acceptors (Lipinski definition) is 14. The van der Waals surface area contributed by atoms with Gasteiger partial charge < -0.3 is 10.8 Å². The number of rotatable bonds is 9. The van der Waals surface area contributed by atoms with E-state index in [1.165, 1.54) is 60.7 Å². The Morgan fingerprint density at radius 3 is 1.50 bits per heavy atom. The van der Waals surface area contributed by atoms with Crippen molar-refractivity contribution in [3.8, 4) is 5.75 Å². The number of phenolic OH excluding ortho intramolecular Hbond substituents is 1. The van der Waals surface area contributed by atoms with Crippen molar-refractivity contribution in [3.05, 3.63) is 91.0 Å². The number of benzene rings is 5. The molecule has 20 heteroatoms. The third-order valence-electron chi connectivity index (χ3n) is 6.60. The molecule has 5 aromatic carbocycles. The summed E-state index contributed by atoms with van der Waals surface area (Å²) < 4.78 is 98.2. The zero-order valence-electron chi connectivity index (χ0n) is 23.8. The molecular weight excluding hydrogens is 710 g/mol. The van der Waals surface area contributed by atoms with E-state index in [1.54, 1.807) is 18.2 Å². The Morgan fingerprint density at radius 1 is 0.583 bits per heavy atom. The van der Waals surface area contributed by atoms with E-state index in [0.29, 0.717) is 5.69 Å². The summed E-state index contributed by atoms with van der Waals surface area (Å²) >= 11 is 5.20. The number of nitrogens with zero attached hydrogens (tertiary/aromatic N) is 6. The van der Waals surface area contributed by atoms with E-state index < -0.39 is 62.7 Å². The van der Waals surface area contributed by atoms with E-state index in [1.807, 2.05) is 0 Å². The maximum atomic E-state index is 13.1. The maximum Gasteiger partial charge on any atom is 0.296 e. The van der Waals surface area contributed by atoms with Crippen molar-refractivity contribution >= 4 is 86.7 Å². The Hall–Kier alpha value is -5.18. The number of nitrogens with two attached hydrogens (primary N) is 1. The minimum Gasteiger partial charge on any atom is -0.505 e. The minimum absolute atomic E-state index is 0.0240. The molecule has 0 spiro atoms. The highest BCUT2D eigenvalue weighted by molar-refractivity contribution is 7.91. The quantitative estimate of drug-likeness (QED) is 0.0658. The monoisotopic (exact) mass is 729 g/mol. The number of anilines is 1. The van der Waals surface area contributed by atoms with Gasteiger partial charge in [-0.25, -0.2) is 8.42 Å². The third-order valence-corrected chi connectivity index (χ3v) is 10.2. The average molecular weight is 730 g/mol. The number of sulfone groups is 1. The van der Waals surface area contributed by atoms with Crippen LogP contribution in [0.2, 0.25) is 0 Å². The standard InChI is InChI=1S/C28H20ClN7O9S3/c29-36-33-19-8-12-21(13-9-19)46(38,39)20-10-6-18(7-11-20)32-34-26-22(47(40,41)42)14-16-15-23(48(43,44)45)27(28(37)24(16)25(26)30)35-31-17-4-2-1-3-5-17/h1-15,37H,30H2,(H,40,41,42)(H,43,44,45). The SMILES string of the molecule is Nc1c(N=Nc2ccc(S(=O)(=O)c3ccc(N=NCl)cc3)cc2)c(S(=O)(=O)O)cc2cc(S(=O)(=O)O)c(N=Nc3ccccc3)c(O)c12. The van der Waals surface area contributed by atoms with Crippen LogP contribution in [0.25, 0.3) is 10.8 Å². The summed E-state index contributed by atoms with van der Waals surface area (Å²) in [6.45, 7) is 0. The molecule has 0 radical (unpaired) electrons. The summed E-state index contributed by atoms with van der Waals surface area (Å²) in [6.07, 6.45) is 0. The van der Waals surface area contributed by atoms with Crippen molar-refractivity contribution in [1.82, 2.24) is 0 Å². The predicted molar refractivity (Wildman–Crippen MR) is 173 cm³/mol. The van der Waals surface area contributed by atoms with Gasteiger partial charge in [-0.05, 0) is 78.2 Å². The molecule has 0 unspecified atom stereocenters. The zero-order valence-corrected chi connectivity index (χ0v) is 27.0. The van der Waals surface area contributed by atoms with Crippen LogP contribution in [0, 0.1) is 0 Å². The zero-order chi connectivity index (χ0) is 34.9. The first-order chi connectivity index (χ1) is 22.6. The first-order valence-corrected chi connectivity index (χ1v) is 17.7. The number of hydrogen-bond donors (Lipinski definition) is 4. The van der Waals surface area contributed by atoms with Crippen molar-refractivity contribution in [2.75, 3.05) is 5.73 Å². The molecule has 0 saturated heterocycles. The Labute approximate surface area is 277 Å². The van der Waals surface area contributed by atoms with E-state index in [4.69, 9.17) is 17.5 Å². The van der Waals surface area contributed by atoms with Gasteiger partial charge in [-0.2, -0.15) is 27.1 Å². The number of aromatic hydroxyl groups is 1. The van der Waals surface area contributed by atoms with Gasteiger partial charge in [0, 0.05) is 0 Å². The second kappa shape index (κ2) is 13.1. The molecule has 0 aliphatic carbocycles. The van der Waals surface area contributed by atoms with E-state index in [0.717, 1.165) is 12.1 Å². The van der Waals surface area contributed by atoms with Crippen molar-refractivity contribution < 1.29 is 39.5 Å². The van der Waals surface area contributed by atoms with Crippen molar-refractivity contribution in [2.45, 2.75) is 19.6 Å². The summed E-state index contributed by atoms with van der Waals surface area (Å²) in [4.78, 5) is -2.03. The van der Waals surface area contributed by atoms with Gasteiger partial charge in [-0.3, -0.25) is 9.11 Å². The summed E-state index contributed by atoms with van der Waals surface area (Å²) in [5, 5.41) is 29.5. The summed E-state index contributed by atoms with van der Waals surface area (Å²) in [5.74, 6) is -0.913. The number of halogens is 1. The van der Waals surface area contributed by atoms with E-state index >= 15 is 0 Å². The Bertz CT molecular complexity index is 2480. The number of fused-ring (bicyclic) bond motifs is 1. The Kier molecular flexibility index (Phi) is 9.35. The Balaban J connectivity index is 1.60. The molecule has 0 bridgehead atoms. The summed E-state index contributed by atoms with van der Waals surface area (Å²) in [6, 6.07) is 19.9. The van der Waals surface area contributed by atoms with E-state index in [9.17, 15) is 39.5 Å². The first-order valence-electron chi connectivity index (χ1n) is 13.0. The second-order valence-electron chi connectivity index (χ2n) is 9.66. The maximum absolute atomic E-state index is 13.1. The van der Waals surface area contributed by atoms with Gasteiger partial charge in [0.15, 0.2) is 5.75 Å². The molecule has 246 valence electrons. The van der Waals surface area contributed by atoms with Crippen LogP contribution >= 0.6 is 11.8 Å². The molecule has 16 nitrogen and oxygen atoms in total. The van der Waals surface area contributed by atoms with Crippen molar-refractivity contribution in [1.29, 1.82) is 0 Å². The molecule has 0 heterocycles. The average Bonchev–Trinajstić information content (AvgIpc) is 3.03. The lowest BCUT2D eigenvalue weighted by Gasteiger charge is -2.14. The van der Waals surface area contributed by atoms with Crippen LogP contribution in [-0.2, 0) is 30.1 Å². The lowest BCUT2D eigenvalue weighted by atomic mass is 10.1. The lowest BCUT2D eigenvalue weighted by molar-refractivity contribution is 0.472. The van der Waals surface area contributed by atoms with Gasteiger partial charge in [0.25, 0.3) is 20.2 Å². The normalized spacial score (nSPS) is 12.9. The minimum atomic E-state index is -5.10. The van der Waals surface area contributed by atoms with Gasteiger partial charge in [0.05, 0.1) is 49.7 Å². The van der Waals surface area contributed by atoms with Crippen LogP contribution in [0.5, 0.6) is 5.75 Å². The lowest BCUT2D eigenvalue weighted by Crippen LogP contribution is -2.03. The fourth-order valence-electron chi connectivity index (χ4n) is 4.38. The first kappa shape index (κ1) is 34.2. The summed E-state index contributed by atoms with van der Waals surface area (Å²) in [5.41, 5.74) is 4.88. The summed E-state index contributed by atoms with van der Waals surface area (Å²) in [7, 11) is -14.1. The highest BCUT2D eigenvalue weighted by atomic mass is 35.5. The van der Waals surface area contributed by atoms with Crippen LogP contribution in [-0.4, -0.2) is 39.5 Å². The molecule has 48 heavy (non-hydrogen) atoms. The smallest absolute Gasteiger partial charge is 0.296 e. The molecule has 5 N–H and O–H groups in total. The topological polar surface area (TPSA) is 263 Å². The molecule has 0 atom stereocenters. The van der Waals surface area contributed by atoms with Crippen molar-refractivity contribution in [3.63, 3.8) is 0 Å². The van der Waals surface area contributed by atoms with Gasteiger partial charge in [-0.1, -0.05) is 22.8 Å². The van der Waals surface area contributed by atoms with Gasteiger partial charge >= 0.3 is 0 Å². The molecular formula is C28H20ClN7O9S3. The van der Waals surface area contributed by atoms with Crippen LogP contribution in [0.4, 0.5) is 34.1 Å². The molecule has 0 saturated carbocycles. The molecule has 0 aliphatic heterocycles. The predicted octanol–water partition coefficient (Wildman–Crippen LogP) is 7.52. The van der Waals surface area contributed by atoms with Gasteiger partial charge in [0.2, 0.25) is 9.84 Å². The molecule has 0 aromatic heterocycles. The van der Waals surface area contributed by atoms with Gasteiger partial charge in [0.1, 0.15) is 21.2 Å². The fraction of sp³-hybridized carbons (Fsp3) is 0. The van der Waals surface area contributed by atoms with E-state index in [-0.39, 0.29) is 31.9 Å². The van der Waals surface area contributed by atoms with E-state index in [2.05, 4.69) is 30.2 Å². The van der Waals surface area contributed by atoms with Crippen LogP contribution < -0.4 is 5.73 Å². The molecule has 5 rings (SSSR count). The molecule has 0 amide bonds. The van der Waals surface area contributed by atoms with Gasteiger partial charge in [-0.15, -0.1) is 15.3 Å². The second-order valence-corrected chi connectivity index (χ2v) is 14.5. The molecule has 0 aliphatic rings. The number of phenols is 1. The van der Waals surface area contributed by atoms with Crippen molar-refractivity contribution in [2.24, 2.45) is 30.2 Å².